The van der Waals surface area contributed by atoms with Crippen molar-refractivity contribution in [2.24, 2.45) is 0 Å². The van der Waals surface area contributed by atoms with Crippen LogP contribution in [0.1, 0.15) is 24.3 Å². The van der Waals surface area contributed by atoms with Crippen molar-refractivity contribution in [3.05, 3.63) is 64.9 Å². The lowest BCUT2D eigenvalue weighted by Crippen LogP contribution is -2.31. The number of fused-ring (bicyclic) bond motifs is 1. The zero-order valence-electron chi connectivity index (χ0n) is 13.5. The van der Waals surface area contributed by atoms with Crippen molar-refractivity contribution in [2.75, 3.05) is 6.61 Å². The van der Waals surface area contributed by atoms with E-state index in [1.165, 1.54) is 0 Å². The van der Waals surface area contributed by atoms with Crippen molar-refractivity contribution < 1.29 is 13.9 Å². The highest BCUT2D eigenvalue weighted by molar-refractivity contribution is 6.30. The molecule has 4 nitrogen and oxygen atoms in total. The van der Waals surface area contributed by atoms with Crippen molar-refractivity contribution in [3.63, 3.8) is 0 Å². The van der Waals surface area contributed by atoms with Gasteiger partial charge in [0.25, 0.3) is 5.91 Å². The van der Waals surface area contributed by atoms with Gasteiger partial charge in [0.1, 0.15) is 17.1 Å². The molecule has 24 heavy (non-hydrogen) atoms. The third-order valence-corrected chi connectivity index (χ3v) is 3.98. The number of ether oxygens (including phenoxy) is 1. The van der Waals surface area contributed by atoms with Crippen LogP contribution < -0.4 is 10.1 Å². The van der Waals surface area contributed by atoms with Gasteiger partial charge in [0.15, 0.2) is 6.61 Å². The number of benzene rings is 2. The molecule has 1 heterocycles. The van der Waals surface area contributed by atoms with Gasteiger partial charge < -0.3 is 14.5 Å². The van der Waals surface area contributed by atoms with Crippen LogP contribution in [0.4, 0.5) is 0 Å². The van der Waals surface area contributed by atoms with E-state index in [-0.39, 0.29) is 18.6 Å². The van der Waals surface area contributed by atoms with Crippen LogP contribution in [-0.2, 0) is 4.79 Å². The zero-order valence-corrected chi connectivity index (χ0v) is 14.3. The number of furan rings is 1. The Morgan fingerprint density at radius 2 is 2.04 bits per heavy atom. The maximum Gasteiger partial charge on any atom is 0.258 e. The molecular formula is C19H18ClNO3. The van der Waals surface area contributed by atoms with Crippen LogP contribution in [0.15, 0.2) is 52.9 Å². The predicted octanol–water partition coefficient (Wildman–Crippen LogP) is 4.65. The highest BCUT2D eigenvalue weighted by atomic mass is 35.5. The van der Waals surface area contributed by atoms with Crippen molar-refractivity contribution in [2.45, 2.75) is 19.9 Å². The maximum absolute atomic E-state index is 12.1. The molecule has 1 N–H and O–H groups in total. The minimum absolute atomic E-state index is 0.0625. The molecule has 2 aromatic carbocycles. The summed E-state index contributed by atoms with van der Waals surface area (Å²) >= 11 is 5.90. The predicted molar refractivity (Wildman–Crippen MR) is 94.5 cm³/mol. The van der Waals surface area contributed by atoms with Crippen LogP contribution >= 0.6 is 11.6 Å². The number of amides is 1. The van der Waals surface area contributed by atoms with E-state index in [1.54, 1.807) is 18.2 Å². The number of aryl methyl sites for hydroxylation is 1. The second-order valence-electron chi connectivity index (χ2n) is 5.67. The second-order valence-corrected chi connectivity index (χ2v) is 6.11. The number of hydrogen-bond donors (Lipinski definition) is 1. The molecule has 0 bridgehead atoms. The molecular weight excluding hydrogens is 326 g/mol. The smallest absolute Gasteiger partial charge is 0.258 e. The number of nitrogens with one attached hydrogen (secondary N) is 1. The lowest BCUT2D eigenvalue weighted by molar-refractivity contribution is -0.123. The van der Waals surface area contributed by atoms with E-state index in [2.05, 4.69) is 5.32 Å². The van der Waals surface area contributed by atoms with Crippen LogP contribution in [-0.4, -0.2) is 12.5 Å². The van der Waals surface area contributed by atoms with Crippen molar-refractivity contribution in [1.82, 2.24) is 5.32 Å². The van der Waals surface area contributed by atoms with Gasteiger partial charge >= 0.3 is 0 Å². The maximum atomic E-state index is 12.1. The Balaban J connectivity index is 1.59. The minimum atomic E-state index is -0.236. The van der Waals surface area contributed by atoms with E-state index in [4.69, 9.17) is 20.8 Å². The summed E-state index contributed by atoms with van der Waals surface area (Å²) in [6.45, 7) is 3.70. The quantitative estimate of drug-likeness (QED) is 0.733. The standard InChI is InChI=1S/C19H18ClNO3/c1-12-9-15(20)7-8-16(12)23-11-19(22)21-13(2)18-10-14-5-3-4-6-17(14)24-18/h3-10,13H,11H2,1-2H3,(H,21,22). The van der Waals surface area contributed by atoms with Gasteiger partial charge in [-0.05, 0) is 49.7 Å². The summed E-state index contributed by atoms with van der Waals surface area (Å²) in [6, 6.07) is 14.7. The van der Waals surface area contributed by atoms with Gasteiger partial charge in [-0.3, -0.25) is 4.79 Å². The van der Waals surface area contributed by atoms with E-state index in [0.717, 1.165) is 16.5 Å². The summed E-state index contributed by atoms with van der Waals surface area (Å²) in [4.78, 5) is 12.1. The Kier molecular flexibility index (Phi) is 4.76. The molecule has 0 radical (unpaired) electrons. The summed E-state index contributed by atoms with van der Waals surface area (Å²) in [7, 11) is 0. The number of carbonyl (C=O) groups is 1. The minimum Gasteiger partial charge on any atom is -0.484 e. The van der Waals surface area contributed by atoms with Crippen molar-refractivity contribution in [3.8, 4) is 5.75 Å². The van der Waals surface area contributed by atoms with E-state index in [9.17, 15) is 4.79 Å². The molecule has 0 aliphatic rings. The first-order chi connectivity index (χ1) is 11.5. The Labute approximate surface area is 145 Å². The SMILES string of the molecule is Cc1cc(Cl)ccc1OCC(=O)NC(C)c1cc2ccccc2o1. The zero-order chi connectivity index (χ0) is 17.1. The second kappa shape index (κ2) is 6.97. The topological polar surface area (TPSA) is 51.5 Å². The fourth-order valence-electron chi connectivity index (χ4n) is 2.49. The van der Waals surface area contributed by atoms with Gasteiger partial charge in [-0.25, -0.2) is 0 Å². The van der Waals surface area contributed by atoms with E-state index < -0.39 is 0 Å². The Hall–Kier alpha value is -2.46. The molecule has 0 aliphatic heterocycles. The van der Waals surface area contributed by atoms with Gasteiger partial charge in [0.2, 0.25) is 0 Å². The average Bonchev–Trinajstić information content (AvgIpc) is 2.98. The summed E-state index contributed by atoms with van der Waals surface area (Å²) < 4.78 is 11.3. The fraction of sp³-hybridized carbons (Fsp3) is 0.211. The monoisotopic (exact) mass is 343 g/mol. The van der Waals surface area contributed by atoms with Crippen LogP contribution in [0.3, 0.4) is 0 Å². The molecule has 0 aliphatic carbocycles. The molecule has 1 amide bonds. The molecule has 0 spiro atoms. The molecule has 3 rings (SSSR count). The first-order valence-electron chi connectivity index (χ1n) is 7.70. The van der Waals surface area contributed by atoms with Gasteiger partial charge in [-0.2, -0.15) is 0 Å². The van der Waals surface area contributed by atoms with Gasteiger partial charge in [-0.15, -0.1) is 0 Å². The largest absolute Gasteiger partial charge is 0.484 e. The molecule has 0 saturated carbocycles. The molecule has 0 fully saturated rings. The lowest BCUT2D eigenvalue weighted by atomic mass is 10.2. The molecule has 1 unspecified atom stereocenters. The fourth-order valence-corrected chi connectivity index (χ4v) is 2.71. The highest BCUT2D eigenvalue weighted by Crippen LogP contribution is 2.24. The number of carbonyl (C=O) groups excluding carboxylic acids is 1. The lowest BCUT2D eigenvalue weighted by Gasteiger charge is -2.13. The number of para-hydroxylation sites is 1. The molecule has 5 heteroatoms. The van der Waals surface area contributed by atoms with Gasteiger partial charge in [0, 0.05) is 10.4 Å². The number of hydrogen-bond acceptors (Lipinski definition) is 3. The van der Waals surface area contributed by atoms with E-state index in [0.29, 0.717) is 16.5 Å². The van der Waals surface area contributed by atoms with Gasteiger partial charge in [-0.1, -0.05) is 29.8 Å². The van der Waals surface area contributed by atoms with Crippen molar-refractivity contribution in [1.29, 1.82) is 0 Å². The molecule has 3 aromatic rings. The van der Waals surface area contributed by atoms with E-state index in [1.807, 2.05) is 44.2 Å². The Morgan fingerprint density at radius 1 is 1.25 bits per heavy atom. The Bertz CT molecular complexity index is 839. The first kappa shape index (κ1) is 16.4. The number of halogens is 1. The van der Waals surface area contributed by atoms with Crippen LogP contribution in [0, 0.1) is 6.92 Å². The van der Waals surface area contributed by atoms with Crippen molar-refractivity contribution >= 4 is 28.5 Å². The normalized spacial score (nSPS) is 12.1. The molecule has 124 valence electrons. The molecule has 1 atom stereocenters. The average molecular weight is 344 g/mol. The first-order valence-corrected chi connectivity index (χ1v) is 8.07. The van der Waals surface area contributed by atoms with Gasteiger partial charge in [0.05, 0.1) is 6.04 Å². The third kappa shape index (κ3) is 3.71. The summed E-state index contributed by atoms with van der Waals surface area (Å²) in [5.41, 5.74) is 1.70. The molecule has 0 saturated heterocycles. The summed E-state index contributed by atoms with van der Waals surface area (Å²) in [6.07, 6.45) is 0. The third-order valence-electron chi connectivity index (χ3n) is 3.74. The summed E-state index contributed by atoms with van der Waals surface area (Å²) in [5.74, 6) is 1.15. The number of rotatable bonds is 5. The highest BCUT2D eigenvalue weighted by Gasteiger charge is 2.14. The Morgan fingerprint density at radius 3 is 2.79 bits per heavy atom. The molecule has 1 aromatic heterocycles. The van der Waals surface area contributed by atoms with E-state index >= 15 is 0 Å². The van der Waals surface area contributed by atoms with Crippen LogP contribution in [0.2, 0.25) is 5.02 Å². The summed E-state index contributed by atoms with van der Waals surface area (Å²) in [5, 5.41) is 4.53. The van der Waals surface area contributed by atoms with Crippen LogP contribution in [0.25, 0.3) is 11.0 Å². The van der Waals surface area contributed by atoms with Crippen LogP contribution in [0.5, 0.6) is 5.75 Å².